The summed E-state index contributed by atoms with van der Waals surface area (Å²) in [4.78, 5) is 13.2. The predicted molar refractivity (Wildman–Crippen MR) is 123 cm³/mol. The summed E-state index contributed by atoms with van der Waals surface area (Å²) in [6.07, 6.45) is 1.95. The summed E-state index contributed by atoms with van der Waals surface area (Å²) in [5.74, 6) is -0.829. The van der Waals surface area contributed by atoms with E-state index >= 15 is 0 Å². The van der Waals surface area contributed by atoms with Crippen molar-refractivity contribution in [2.75, 3.05) is 11.9 Å². The van der Waals surface area contributed by atoms with Crippen molar-refractivity contribution in [3.63, 3.8) is 0 Å². The highest BCUT2D eigenvalue weighted by Crippen LogP contribution is 2.35. The molecule has 0 saturated carbocycles. The lowest BCUT2D eigenvalue weighted by Crippen LogP contribution is -2.10. The van der Waals surface area contributed by atoms with Gasteiger partial charge in [0.05, 0.1) is 22.2 Å². The Balaban J connectivity index is 1.60. The number of carbonyl (C=O) groups is 1. The molecule has 3 aromatic carbocycles. The van der Waals surface area contributed by atoms with Crippen LogP contribution in [-0.4, -0.2) is 22.7 Å². The van der Waals surface area contributed by atoms with Gasteiger partial charge in [-0.15, -0.1) is 0 Å². The zero-order chi connectivity index (χ0) is 21.3. The number of rotatable bonds is 6. The number of nitrogens with zero attached hydrogens (tertiary/aromatic N) is 2. The smallest absolute Gasteiger partial charge is 0.307 e. The standard InChI is InChI=1S/C24H20Cl2N2O2/c1-27(22-8-4-6-20(25)24(22)26)18-11-9-16(10-12-18)14-28-15-17(13-23(29)30)19-5-2-3-7-21(19)28/h2-12,15H,13-14H2,1H3,(H,29,30). The zero-order valence-electron chi connectivity index (χ0n) is 16.3. The Morgan fingerprint density at radius 1 is 1.00 bits per heavy atom. The van der Waals surface area contributed by atoms with Gasteiger partial charge in [0.15, 0.2) is 0 Å². The number of anilines is 2. The molecule has 30 heavy (non-hydrogen) atoms. The zero-order valence-corrected chi connectivity index (χ0v) is 17.9. The molecule has 152 valence electrons. The molecule has 6 heteroatoms. The molecule has 0 radical (unpaired) electrons. The van der Waals surface area contributed by atoms with Gasteiger partial charge in [-0.1, -0.05) is 59.6 Å². The van der Waals surface area contributed by atoms with Crippen molar-refractivity contribution in [1.29, 1.82) is 0 Å². The van der Waals surface area contributed by atoms with Crippen LogP contribution in [0.3, 0.4) is 0 Å². The first-order valence-electron chi connectivity index (χ1n) is 9.49. The van der Waals surface area contributed by atoms with E-state index in [1.165, 1.54) is 0 Å². The van der Waals surface area contributed by atoms with Crippen LogP contribution in [-0.2, 0) is 17.8 Å². The van der Waals surface area contributed by atoms with E-state index in [1.54, 1.807) is 6.07 Å². The summed E-state index contributed by atoms with van der Waals surface area (Å²) in [7, 11) is 1.95. The van der Waals surface area contributed by atoms with Crippen molar-refractivity contribution in [3.05, 3.63) is 94.1 Å². The maximum absolute atomic E-state index is 11.2. The number of fused-ring (bicyclic) bond motifs is 1. The molecule has 1 N–H and O–H groups in total. The normalized spacial score (nSPS) is 11.0. The monoisotopic (exact) mass is 438 g/mol. The second kappa shape index (κ2) is 8.42. The van der Waals surface area contributed by atoms with Gasteiger partial charge in [-0.3, -0.25) is 4.79 Å². The van der Waals surface area contributed by atoms with Crippen molar-refractivity contribution in [2.24, 2.45) is 0 Å². The molecule has 0 aliphatic carbocycles. The Kier molecular flexibility index (Phi) is 5.71. The number of benzene rings is 3. The molecule has 1 heterocycles. The van der Waals surface area contributed by atoms with Crippen molar-refractivity contribution < 1.29 is 9.90 Å². The summed E-state index contributed by atoms with van der Waals surface area (Å²) in [6.45, 7) is 0.655. The molecule has 0 unspecified atom stereocenters. The fraction of sp³-hybridized carbons (Fsp3) is 0.125. The summed E-state index contributed by atoms with van der Waals surface area (Å²) in [5, 5.41) is 11.2. The van der Waals surface area contributed by atoms with Crippen molar-refractivity contribution in [2.45, 2.75) is 13.0 Å². The van der Waals surface area contributed by atoms with Crippen LogP contribution >= 0.6 is 23.2 Å². The number of para-hydroxylation sites is 1. The Morgan fingerprint density at radius 3 is 2.47 bits per heavy atom. The highest BCUT2D eigenvalue weighted by atomic mass is 35.5. The number of aliphatic carboxylic acids is 1. The number of hydrogen-bond acceptors (Lipinski definition) is 2. The summed E-state index contributed by atoms with van der Waals surface area (Å²) < 4.78 is 2.10. The molecular weight excluding hydrogens is 419 g/mol. The second-order valence-corrected chi connectivity index (χ2v) is 7.95. The topological polar surface area (TPSA) is 45.5 Å². The maximum Gasteiger partial charge on any atom is 0.307 e. The van der Waals surface area contributed by atoms with Crippen LogP contribution in [0.15, 0.2) is 72.9 Å². The van der Waals surface area contributed by atoms with Crippen LogP contribution in [0.2, 0.25) is 10.0 Å². The van der Waals surface area contributed by atoms with Crippen LogP contribution in [0.5, 0.6) is 0 Å². The molecule has 0 bridgehead atoms. The lowest BCUT2D eigenvalue weighted by atomic mass is 10.1. The number of hydrogen-bond donors (Lipinski definition) is 1. The molecular formula is C24H20Cl2N2O2. The molecule has 0 saturated heterocycles. The van der Waals surface area contributed by atoms with Gasteiger partial charge in [-0.2, -0.15) is 0 Å². The van der Waals surface area contributed by atoms with Gasteiger partial charge < -0.3 is 14.6 Å². The molecule has 0 aliphatic heterocycles. The molecule has 0 spiro atoms. The quantitative estimate of drug-likeness (QED) is 0.379. The largest absolute Gasteiger partial charge is 0.481 e. The highest BCUT2D eigenvalue weighted by molar-refractivity contribution is 6.43. The molecule has 0 atom stereocenters. The molecule has 1 aromatic heterocycles. The Hall–Kier alpha value is -2.95. The first-order valence-corrected chi connectivity index (χ1v) is 10.2. The molecule has 0 fully saturated rings. The minimum Gasteiger partial charge on any atom is -0.481 e. The fourth-order valence-corrected chi connectivity index (χ4v) is 4.09. The minimum absolute atomic E-state index is 0.0115. The van der Waals surface area contributed by atoms with Gasteiger partial charge in [-0.05, 0) is 41.5 Å². The van der Waals surface area contributed by atoms with E-state index in [0.29, 0.717) is 16.6 Å². The van der Waals surface area contributed by atoms with Gasteiger partial charge in [0, 0.05) is 36.4 Å². The number of carboxylic acid groups (broad SMARTS) is 1. The molecule has 0 amide bonds. The van der Waals surface area contributed by atoms with E-state index < -0.39 is 5.97 Å². The third-order valence-corrected chi connectivity index (χ3v) is 5.99. The average molecular weight is 439 g/mol. The molecule has 4 rings (SSSR count). The molecule has 4 aromatic rings. The van der Waals surface area contributed by atoms with Gasteiger partial charge in [0.2, 0.25) is 0 Å². The van der Waals surface area contributed by atoms with Crippen LogP contribution in [0.1, 0.15) is 11.1 Å². The van der Waals surface area contributed by atoms with E-state index in [0.717, 1.165) is 33.4 Å². The number of halogens is 2. The van der Waals surface area contributed by atoms with Crippen molar-refractivity contribution in [3.8, 4) is 0 Å². The van der Waals surface area contributed by atoms with E-state index in [9.17, 15) is 9.90 Å². The summed E-state index contributed by atoms with van der Waals surface area (Å²) in [6, 6.07) is 21.7. The lowest BCUT2D eigenvalue weighted by Gasteiger charge is -2.21. The van der Waals surface area contributed by atoms with E-state index in [2.05, 4.69) is 16.7 Å². The van der Waals surface area contributed by atoms with Crippen LogP contribution < -0.4 is 4.90 Å². The lowest BCUT2D eigenvalue weighted by molar-refractivity contribution is -0.136. The molecule has 0 aliphatic rings. The van der Waals surface area contributed by atoms with E-state index in [1.807, 2.05) is 66.7 Å². The Morgan fingerprint density at radius 2 is 1.73 bits per heavy atom. The van der Waals surface area contributed by atoms with Crippen LogP contribution in [0.25, 0.3) is 10.9 Å². The van der Waals surface area contributed by atoms with Gasteiger partial charge in [0.1, 0.15) is 0 Å². The minimum atomic E-state index is -0.829. The van der Waals surface area contributed by atoms with Crippen LogP contribution in [0, 0.1) is 0 Å². The van der Waals surface area contributed by atoms with Gasteiger partial charge in [-0.25, -0.2) is 0 Å². The Bertz CT molecular complexity index is 1220. The average Bonchev–Trinajstić information content (AvgIpc) is 3.07. The predicted octanol–water partition coefficient (Wildman–Crippen LogP) is 6.39. The number of carboxylic acids is 1. The number of aromatic nitrogens is 1. The third kappa shape index (κ3) is 4.02. The third-order valence-electron chi connectivity index (χ3n) is 5.18. The van der Waals surface area contributed by atoms with Crippen molar-refractivity contribution in [1.82, 2.24) is 4.57 Å². The first kappa shape index (κ1) is 20.3. The second-order valence-electron chi connectivity index (χ2n) is 7.17. The fourth-order valence-electron chi connectivity index (χ4n) is 3.67. The highest BCUT2D eigenvalue weighted by Gasteiger charge is 2.13. The van der Waals surface area contributed by atoms with E-state index in [-0.39, 0.29) is 6.42 Å². The summed E-state index contributed by atoms with van der Waals surface area (Å²) >= 11 is 12.5. The maximum atomic E-state index is 11.2. The Labute approximate surface area is 184 Å². The SMILES string of the molecule is CN(c1ccc(Cn2cc(CC(=O)O)c3ccccc32)cc1)c1cccc(Cl)c1Cl. The van der Waals surface area contributed by atoms with Gasteiger partial charge >= 0.3 is 5.97 Å². The molecule has 4 nitrogen and oxygen atoms in total. The van der Waals surface area contributed by atoms with Crippen LogP contribution in [0.4, 0.5) is 11.4 Å². The summed E-state index contributed by atoms with van der Waals surface area (Å²) in [5.41, 5.74) is 4.80. The van der Waals surface area contributed by atoms with E-state index in [4.69, 9.17) is 23.2 Å². The van der Waals surface area contributed by atoms with Crippen molar-refractivity contribution >= 4 is 51.4 Å². The first-order chi connectivity index (χ1) is 14.4. The van der Waals surface area contributed by atoms with Gasteiger partial charge in [0.25, 0.3) is 0 Å².